The lowest BCUT2D eigenvalue weighted by Crippen LogP contribution is -2.31. The van der Waals surface area contributed by atoms with Gasteiger partial charge in [0.1, 0.15) is 11.5 Å². The van der Waals surface area contributed by atoms with E-state index >= 15 is 0 Å². The molecule has 2 aliphatic heterocycles. The van der Waals surface area contributed by atoms with Crippen molar-refractivity contribution in [3.05, 3.63) is 47.5 Å². The lowest BCUT2D eigenvalue weighted by molar-refractivity contribution is 0.0676. The molecule has 0 bridgehead atoms. The van der Waals surface area contributed by atoms with Crippen molar-refractivity contribution >= 4 is 0 Å². The van der Waals surface area contributed by atoms with Gasteiger partial charge in [-0.15, -0.1) is 0 Å². The first-order valence-electron chi connectivity index (χ1n) is 9.29. The number of hydrogen-bond donors (Lipinski definition) is 1. The Morgan fingerprint density at radius 3 is 2.78 bits per heavy atom. The van der Waals surface area contributed by atoms with Gasteiger partial charge < -0.3 is 24.1 Å². The second-order valence-electron chi connectivity index (χ2n) is 6.99. The Morgan fingerprint density at radius 2 is 2.00 bits per heavy atom. The molecular weight excluding hydrogens is 346 g/mol. The van der Waals surface area contributed by atoms with Gasteiger partial charge in [0.05, 0.1) is 13.2 Å². The Labute approximate surface area is 159 Å². The van der Waals surface area contributed by atoms with Crippen molar-refractivity contribution in [3.63, 3.8) is 0 Å². The van der Waals surface area contributed by atoms with E-state index in [2.05, 4.69) is 11.0 Å². The number of ether oxygens (including phenoxy) is 4. The molecule has 0 spiro atoms. The van der Waals surface area contributed by atoms with E-state index in [0.29, 0.717) is 12.3 Å². The Balaban J connectivity index is 1.51. The minimum absolute atomic E-state index is 0.236. The number of phenols is 1. The van der Waals surface area contributed by atoms with Crippen LogP contribution in [-0.4, -0.2) is 43.2 Å². The Hall–Kier alpha value is -2.44. The van der Waals surface area contributed by atoms with Gasteiger partial charge in [-0.3, -0.25) is 4.90 Å². The number of methoxy groups -OCH3 is 1. The first kappa shape index (κ1) is 17.9. The smallest absolute Gasteiger partial charge is 0.231 e. The average Bonchev–Trinajstić information content (AvgIpc) is 3.34. The van der Waals surface area contributed by atoms with Crippen LogP contribution in [0.2, 0.25) is 0 Å². The van der Waals surface area contributed by atoms with Crippen LogP contribution in [0.25, 0.3) is 0 Å². The predicted octanol–water partition coefficient (Wildman–Crippen LogP) is 3.31. The first-order chi connectivity index (χ1) is 13.2. The minimum Gasteiger partial charge on any atom is -0.507 e. The third-order valence-corrected chi connectivity index (χ3v) is 5.02. The normalized spacial score (nSPS) is 18.2. The molecule has 0 radical (unpaired) electrons. The number of fused-ring (bicyclic) bond motifs is 1. The molecule has 4 rings (SSSR count). The molecule has 6 heteroatoms. The van der Waals surface area contributed by atoms with Crippen LogP contribution < -0.4 is 14.2 Å². The molecule has 1 saturated heterocycles. The van der Waals surface area contributed by atoms with E-state index in [9.17, 15) is 5.11 Å². The van der Waals surface area contributed by atoms with Gasteiger partial charge in [-0.2, -0.15) is 0 Å². The summed E-state index contributed by atoms with van der Waals surface area (Å²) >= 11 is 0. The summed E-state index contributed by atoms with van der Waals surface area (Å²) in [6, 6.07) is 11.5. The van der Waals surface area contributed by atoms with Gasteiger partial charge in [0.25, 0.3) is 0 Å². The second-order valence-corrected chi connectivity index (χ2v) is 6.99. The predicted molar refractivity (Wildman–Crippen MR) is 100 cm³/mol. The van der Waals surface area contributed by atoms with Crippen molar-refractivity contribution in [3.8, 4) is 23.0 Å². The molecule has 1 N–H and O–H groups in total. The number of aromatic hydroxyl groups is 1. The summed E-state index contributed by atoms with van der Waals surface area (Å²) in [6.07, 6.45) is 2.42. The minimum atomic E-state index is 0.236. The molecule has 6 nitrogen and oxygen atoms in total. The molecular formula is C21H25NO5. The molecule has 0 aliphatic carbocycles. The van der Waals surface area contributed by atoms with Gasteiger partial charge in [0, 0.05) is 37.9 Å². The lowest BCUT2D eigenvalue weighted by atomic mass is 10.1. The highest BCUT2D eigenvalue weighted by atomic mass is 16.7. The molecule has 0 aromatic heterocycles. The zero-order chi connectivity index (χ0) is 18.6. The van der Waals surface area contributed by atoms with E-state index in [0.717, 1.165) is 55.2 Å². The molecule has 0 saturated carbocycles. The van der Waals surface area contributed by atoms with Crippen LogP contribution in [0.5, 0.6) is 23.0 Å². The van der Waals surface area contributed by atoms with Gasteiger partial charge in [-0.1, -0.05) is 12.1 Å². The van der Waals surface area contributed by atoms with Crippen molar-refractivity contribution in [2.75, 3.05) is 27.1 Å². The van der Waals surface area contributed by atoms with Crippen LogP contribution in [0.3, 0.4) is 0 Å². The molecule has 1 fully saturated rings. The van der Waals surface area contributed by atoms with Crippen LogP contribution in [-0.2, 0) is 17.8 Å². The van der Waals surface area contributed by atoms with Crippen LogP contribution in [0.4, 0.5) is 0 Å². The number of benzene rings is 2. The number of phenolic OH excluding ortho intramolecular Hbond substituents is 1. The van der Waals surface area contributed by atoms with E-state index in [1.807, 2.05) is 24.3 Å². The fraction of sp³-hybridized carbons (Fsp3) is 0.429. The Kier molecular flexibility index (Phi) is 5.36. The van der Waals surface area contributed by atoms with E-state index < -0.39 is 0 Å². The topological polar surface area (TPSA) is 60.4 Å². The highest BCUT2D eigenvalue weighted by Crippen LogP contribution is 2.33. The van der Waals surface area contributed by atoms with Crippen molar-refractivity contribution in [2.24, 2.45) is 0 Å². The fourth-order valence-corrected chi connectivity index (χ4v) is 3.60. The zero-order valence-corrected chi connectivity index (χ0v) is 15.5. The van der Waals surface area contributed by atoms with Gasteiger partial charge in [0.2, 0.25) is 6.79 Å². The van der Waals surface area contributed by atoms with Crippen LogP contribution >= 0.6 is 0 Å². The monoisotopic (exact) mass is 371 g/mol. The van der Waals surface area contributed by atoms with Crippen molar-refractivity contribution in [1.29, 1.82) is 0 Å². The average molecular weight is 371 g/mol. The molecule has 2 aromatic carbocycles. The van der Waals surface area contributed by atoms with Crippen LogP contribution in [0.15, 0.2) is 36.4 Å². The van der Waals surface area contributed by atoms with Gasteiger partial charge in [-0.25, -0.2) is 0 Å². The summed E-state index contributed by atoms with van der Waals surface area (Å²) in [7, 11) is 1.60. The van der Waals surface area contributed by atoms with Crippen LogP contribution in [0, 0.1) is 0 Å². The molecule has 1 unspecified atom stereocenters. The first-order valence-corrected chi connectivity index (χ1v) is 9.29. The lowest BCUT2D eigenvalue weighted by Gasteiger charge is -2.26. The number of hydrogen-bond acceptors (Lipinski definition) is 6. The number of rotatable bonds is 7. The molecule has 2 aliphatic rings. The van der Waals surface area contributed by atoms with E-state index in [1.165, 1.54) is 0 Å². The quantitative estimate of drug-likeness (QED) is 0.806. The fourth-order valence-electron chi connectivity index (χ4n) is 3.60. The summed E-state index contributed by atoms with van der Waals surface area (Å²) in [5.74, 6) is 2.48. The maximum atomic E-state index is 10.4. The maximum absolute atomic E-state index is 10.4. The molecule has 1 atom stereocenters. The Morgan fingerprint density at radius 1 is 1.11 bits per heavy atom. The largest absolute Gasteiger partial charge is 0.507 e. The van der Waals surface area contributed by atoms with Crippen LogP contribution in [0.1, 0.15) is 24.0 Å². The molecule has 27 heavy (non-hydrogen) atoms. The van der Waals surface area contributed by atoms with E-state index in [4.69, 9.17) is 18.9 Å². The summed E-state index contributed by atoms with van der Waals surface area (Å²) in [6.45, 7) is 3.29. The van der Waals surface area contributed by atoms with Crippen molar-refractivity contribution in [1.82, 2.24) is 4.90 Å². The van der Waals surface area contributed by atoms with E-state index in [-0.39, 0.29) is 18.6 Å². The highest BCUT2D eigenvalue weighted by Gasteiger charge is 2.21. The second kappa shape index (κ2) is 8.06. The molecule has 144 valence electrons. The Bertz CT molecular complexity index is 788. The standard InChI is InChI=1S/C21H25NO5/c1-24-17-6-5-16(19(23)10-17)12-22(13-18-3-2-8-25-18)11-15-4-7-20-21(9-15)27-14-26-20/h4-7,9-10,18,23H,2-3,8,11-14H2,1H3. The van der Waals surface area contributed by atoms with Gasteiger partial charge in [0.15, 0.2) is 11.5 Å². The maximum Gasteiger partial charge on any atom is 0.231 e. The SMILES string of the molecule is COc1ccc(CN(Cc2ccc3c(c2)OCO3)CC2CCCO2)c(O)c1. The van der Waals surface area contributed by atoms with Crippen molar-refractivity contribution in [2.45, 2.75) is 32.0 Å². The summed E-state index contributed by atoms with van der Waals surface area (Å²) in [5.41, 5.74) is 2.01. The van der Waals surface area contributed by atoms with Gasteiger partial charge in [-0.05, 0) is 36.6 Å². The number of nitrogens with zero attached hydrogens (tertiary/aromatic N) is 1. The third kappa shape index (κ3) is 4.28. The zero-order valence-electron chi connectivity index (χ0n) is 15.5. The van der Waals surface area contributed by atoms with Crippen molar-refractivity contribution < 1.29 is 24.1 Å². The third-order valence-electron chi connectivity index (χ3n) is 5.02. The highest BCUT2D eigenvalue weighted by molar-refractivity contribution is 5.44. The van der Waals surface area contributed by atoms with E-state index in [1.54, 1.807) is 13.2 Å². The van der Waals surface area contributed by atoms with Gasteiger partial charge >= 0.3 is 0 Å². The molecule has 2 aromatic rings. The summed E-state index contributed by atoms with van der Waals surface area (Å²) in [5, 5.41) is 10.4. The molecule has 0 amide bonds. The molecule has 2 heterocycles. The summed E-state index contributed by atoms with van der Waals surface area (Å²) in [4.78, 5) is 2.30. The summed E-state index contributed by atoms with van der Waals surface area (Å²) < 4.78 is 21.9.